The van der Waals surface area contributed by atoms with Gasteiger partial charge >= 0.3 is 0 Å². The summed E-state index contributed by atoms with van der Waals surface area (Å²) in [4.78, 5) is 0. The van der Waals surface area contributed by atoms with E-state index in [-0.39, 0.29) is 6.29 Å². The Morgan fingerprint density at radius 2 is 1.80 bits per heavy atom. The molecule has 0 aliphatic carbocycles. The van der Waals surface area contributed by atoms with Gasteiger partial charge in [-0.05, 0) is 12.8 Å². The lowest BCUT2D eigenvalue weighted by molar-refractivity contribution is -0.205. The van der Waals surface area contributed by atoms with Crippen LogP contribution in [0.1, 0.15) is 53.7 Å². The summed E-state index contributed by atoms with van der Waals surface area (Å²) in [6.45, 7) is 5.54. The molecule has 1 aliphatic heterocycles. The van der Waals surface area contributed by atoms with E-state index in [0.29, 0.717) is 19.6 Å². The molecule has 15 heavy (non-hydrogen) atoms. The maximum absolute atomic E-state index is 7.95. The fraction of sp³-hybridized carbons (Fsp3) is 1.00. The summed E-state index contributed by atoms with van der Waals surface area (Å²) in [7, 11) is 0. The summed E-state index contributed by atoms with van der Waals surface area (Å²) >= 11 is 0. The molecule has 90 valence electrons. The van der Waals surface area contributed by atoms with Crippen LogP contribution in [0.3, 0.4) is 0 Å². The molecule has 0 N–H and O–H groups in total. The van der Waals surface area contributed by atoms with Crippen LogP contribution >= 0.6 is 0 Å². The highest BCUT2D eigenvalue weighted by Crippen LogP contribution is 2.21. The van der Waals surface area contributed by atoms with Gasteiger partial charge < -0.3 is 14.2 Å². The van der Waals surface area contributed by atoms with Gasteiger partial charge in [0.2, 0.25) is 0 Å². The number of ether oxygens (including phenoxy) is 3. The summed E-state index contributed by atoms with van der Waals surface area (Å²) < 4.78 is 24.4. The SMILES string of the molecule is [2H][C@]1(OCCCC)CC[C@H](OCCCC)O1. The molecule has 0 aromatic rings. The second-order valence-electron chi connectivity index (χ2n) is 3.88. The zero-order valence-electron chi connectivity index (χ0n) is 11.0. The largest absolute Gasteiger partial charge is 0.353 e. The fourth-order valence-corrected chi connectivity index (χ4v) is 1.41. The topological polar surface area (TPSA) is 27.7 Å². The molecule has 0 unspecified atom stereocenters. The molecule has 0 saturated carbocycles. The first-order valence-electron chi connectivity index (χ1n) is 6.63. The Hall–Kier alpha value is -0.120. The van der Waals surface area contributed by atoms with Gasteiger partial charge in [0.25, 0.3) is 0 Å². The van der Waals surface area contributed by atoms with E-state index in [4.69, 9.17) is 15.6 Å². The summed E-state index contributed by atoms with van der Waals surface area (Å²) in [5.74, 6) is 0. The zero-order valence-corrected chi connectivity index (χ0v) is 9.96. The Balaban J connectivity index is 2.16. The van der Waals surface area contributed by atoms with Crippen molar-refractivity contribution in [3.8, 4) is 0 Å². The van der Waals surface area contributed by atoms with Crippen molar-refractivity contribution < 1.29 is 15.6 Å². The molecule has 0 amide bonds. The Labute approximate surface area is 94.5 Å². The Bertz CT molecular complexity index is 189. The molecule has 0 bridgehead atoms. The standard InChI is InChI=1S/C12H24O3/c1-3-5-9-13-11-7-8-12(15-11)14-10-6-4-2/h11-12H,3-10H2,1-2H3/t11-,12-/m1/s1/i11D. The third-order valence-electron chi connectivity index (χ3n) is 2.41. The average Bonchev–Trinajstić information content (AvgIpc) is 2.62. The fourth-order valence-electron chi connectivity index (χ4n) is 1.41. The smallest absolute Gasteiger partial charge is 0.160 e. The first-order chi connectivity index (χ1) is 7.70. The third kappa shape index (κ3) is 5.50. The number of hydrogen-bond donors (Lipinski definition) is 0. The minimum atomic E-state index is -1.16. The van der Waals surface area contributed by atoms with Crippen molar-refractivity contribution in [1.29, 1.82) is 0 Å². The van der Waals surface area contributed by atoms with Gasteiger partial charge in [0.15, 0.2) is 12.6 Å². The van der Waals surface area contributed by atoms with E-state index >= 15 is 0 Å². The molecule has 1 fully saturated rings. The van der Waals surface area contributed by atoms with Gasteiger partial charge in [-0.3, -0.25) is 0 Å². The number of unbranched alkanes of at least 4 members (excludes halogenated alkanes) is 2. The quantitative estimate of drug-likeness (QED) is 0.585. The Morgan fingerprint density at radius 1 is 1.13 bits per heavy atom. The van der Waals surface area contributed by atoms with E-state index in [0.717, 1.165) is 32.1 Å². The second kappa shape index (κ2) is 8.08. The average molecular weight is 217 g/mol. The van der Waals surface area contributed by atoms with Crippen LogP contribution in [0.5, 0.6) is 0 Å². The van der Waals surface area contributed by atoms with Crippen LogP contribution in [-0.2, 0) is 14.2 Å². The number of hydrogen-bond acceptors (Lipinski definition) is 3. The van der Waals surface area contributed by atoms with E-state index in [2.05, 4.69) is 13.8 Å². The van der Waals surface area contributed by atoms with E-state index in [1.165, 1.54) is 0 Å². The first kappa shape index (κ1) is 11.4. The van der Waals surface area contributed by atoms with E-state index in [9.17, 15) is 0 Å². The minimum absolute atomic E-state index is 0.245. The molecule has 1 saturated heterocycles. The molecule has 0 aromatic carbocycles. The molecule has 2 atom stereocenters. The maximum atomic E-state index is 7.95. The molecule has 3 heteroatoms. The van der Waals surface area contributed by atoms with Gasteiger partial charge in [-0.1, -0.05) is 26.7 Å². The maximum Gasteiger partial charge on any atom is 0.160 e. The van der Waals surface area contributed by atoms with E-state index in [1.54, 1.807) is 0 Å². The molecule has 1 rings (SSSR count). The van der Waals surface area contributed by atoms with E-state index in [1.807, 2.05) is 0 Å². The Morgan fingerprint density at radius 3 is 2.47 bits per heavy atom. The molecule has 0 spiro atoms. The summed E-state index contributed by atoms with van der Waals surface area (Å²) in [6.07, 6.45) is 4.18. The Kier molecular flexibility index (Phi) is 6.12. The molecule has 1 aliphatic rings. The van der Waals surface area contributed by atoms with Gasteiger partial charge in [0.1, 0.15) is 0 Å². The third-order valence-corrected chi connectivity index (χ3v) is 2.41. The van der Waals surface area contributed by atoms with Crippen LogP contribution in [0.25, 0.3) is 0 Å². The molecular weight excluding hydrogens is 192 g/mol. The monoisotopic (exact) mass is 217 g/mol. The highest BCUT2D eigenvalue weighted by Gasteiger charge is 2.25. The summed E-state index contributed by atoms with van der Waals surface area (Å²) in [5, 5.41) is 0. The minimum Gasteiger partial charge on any atom is -0.353 e. The zero-order chi connectivity index (χ0) is 11.9. The van der Waals surface area contributed by atoms with Crippen LogP contribution < -0.4 is 0 Å². The van der Waals surface area contributed by atoms with Crippen molar-refractivity contribution >= 4 is 0 Å². The molecule has 0 radical (unpaired) electrons. The van der Waals surface area contributed by atoms with Gasteiger partial charge in [-0.25, -0.2) is 0 Å². The summed E-state index contributed by atoms with van der Waals surface area (Å²) in [6, 6.07) is 0. The second-order valence-corrected chi connectivity index (χ2v) is 3.88. The van der Waals surface area contributed by atoms with Gasteiger partial charge in [-0.2, -0.15) is 0 Å². The lowest BCUT2D eigenvalue weighted by Crippen LogP contribution is -2.17. The van der Waals surface area contributed by atoms with Crippen molar-refractivity contribution in [3.63, 3.8) is 0 Å². The summed E-state index contributed by atoms with van der Waals surface area (Å²) in [5.41, 5.74) is 0. The highest BCUT2D eigenvalue weighted by atomic mass is 16.8. The van der Waals surface area contributed by atoms with Crippen molar-refractivity contribution in [1.82, 2.24) is 0 Å². The van der Waals surface area contributed by atoms with Gasteiger partial charge in [-0.15, -0.1) is 0 Å². The number of rotatable bonds is 8. The highest BCUT2D eigenvalue weighted by molar-refractivity contribution is 4.60. The first-order valence-corrected chi connectivity index (χ1v) is 6.13. The van der Waals surface area contributed by atoms with E-state index < -0.39 is 6.27 Å². The predicted octanol–water partition coefficient (Wildman–Crippen LogP) is 3.08. The lowest BCUT2D eigenvalue weighted by Gasteiger charge is -2.14. The van der Waals surface area contributed by atoms with Crippen molar-refractivity contribution in [2.24, 2.45) is 0 Å². The molecular formula is C12H24O3. The van der Waals surface area contributed by atoms with Gasteiger partial charge in [0, 0.05) is 26.1 Å². The van der Waals surface area contributed by atoms with Crippen LogP contribution in [0, 0.1) is 0 Å². The van der Waals surface area contributed by atoms with Crippen LogP contribution in [0.15, 0.2) is 0 Å². The van der Waals surface area contributed by atoms with Crippen molar-refractivity contribution in [2.45, 2.75) is 64.9 Å². The van der Waals surface area contributed by atoms with Crippen LogP contribution in [-0.4, -0.2) is 25.8 Å². The molecule has 1 heterocycles. The predicted molar refractivity (Wildman–Crippen MR) is 59.6 cm³/mol. The normalized spacial score (nSPS) is 31.9. The molecule has 3 nitrogen and oxygen atoms in total. The lowest BCUT2D eigenvalue weighted by atomic mass is 10.3. The van der Waals surface area contributed by atoms with Crippen LogP contribution in [0.4, 0.5) is 0 Å². The van der Waals surface area contributed by atoms with Gasteiger partial charge in [0.05, 0.1) is 1.37 Å². The van der Waals surface area contributed by atoms with Crippen molar-refractivity contribution in [3.05, 3.63) is 0 Å². The molecule has 0 aromatic heterocycles. The van der Waals surface area contributed by atoms with Crippen molar-refractivity contribution in [2.75, 3.05) is 13.2 Å². The van der Waals surface area contributed by atoms with Crippen LogP contribution in [0.2, 0.25) is 0 Å².